The van der Waals surface area contributed by atoms with Gasteiger partial charge in [-0.3, -0.25) is 0 Å². The normalized spacial score (nSPS) is 15.9. The van der Waals surface area contributed by atoms with Crippen molar-refractivity contribution in [3.05, 3.63) is 131 Å². The zero-order valence-corrected chi connectivity index (χ0v) is 23.4. The van der Waals surface area contributed by atoms with Crippen molar-refractivity contribution in [3.8, 4) is 22.3 Å². The molecule has 0 aliphatic heterocycles. The van der Waals surface area contributed by atoms with Crippen LogP contribution in [0.25, 0.3) is 65.3 Å². The molecule has 7 aromatic carbocycles. The number of rotatable bonds is 0. The molecule has 0 heteroatoms. The fourth-order valence-electron chi connectivity index (χ4n) is 8.28. The van der Waals surface area contributed by atoms with Crippen molar-refractivity contribution < 1.29 is 0 Å². The predicted molar refractivity (Wildman–Crippen MR) is 172 cm³/mol. The van der Waals surface area contributed by atoms with Crippen LogP contribution in [0.1, 0.15) is 49.9 Å². The van der Waals surface area contributed by atoms with E-state index in [-0.39, 0.29) is 10.8 Å². The summed E-state index contributed by atoms with van der Waals surface area (Å²) in [5, 5.41) is 10.8. The van der Waals surface area contributed by atoms with Crippen LogP contribution in [-0.2, 0) is 10.8 Å². The molecule has 0 amide bonds. The molecule has 0 heterocycles. The van der Waals surface area contributed by atoms with Gasteiger partial charge in [0.05, 0.1) is 0 Å². The van der Waals surface area contributed by atoms with E-state index in [2.05, 4.69) is 137 Å². The first-order chi connectivity index (χ1) is 19.4. The Morgan fingerprint density at radius 3 is 1.70 bits per heavy atom. The minimum absolute atomic E-state index is 0.0596. The van der Waals surface area contributed by atoms with E-state index in [1.54, 1.807) is 0 Å². The number of hydrogen-bond acceptors (Lipinski definition) is 0. The van der Waals surface area contributed by atoms with Gasteiger partial charge >= 0.3 is 0 Å². The van der Waals surface area contributed by atoms with E-state index in [4.69, 9.17) is 0 Å². The molecular formula is C40H30. The van der Waals surface area contributed by atoms with Gasteiger partial charge in [-0.15, -0.1) is 0 Å². The predicted octanol–water partition coefficient (Wildman–Crippen LogP) is 10.9. The molecule has 0 radical (unpaired) electrons. The number of fused-ring (bicyclic) bond motifs is 15. The first-order valence-corrected chi connectivity index (χ1v) is 14.5. The van der Waals surface area contributed by atoms with Crippen molar-refractivity contribution in [1.82, 2.24) is 0 Å². The molecule has 0 bridgehead atoms. The molecule has 0 fully saturated rings. The third kappa shape index (κ3) is 2.53. The lowest BCUT2D eigenvalue weighted by atomic mass is 9.77. The highest BCUT2D eigenvalue weighted by Gasteiger charge is 2.43. The van der Waals surface area contributed by atoms with Crippen LogP contribution in [0.3, 0.4) is 0 Å². The summed E-state index contributed by atoms with van der Waals surface area (Å²) >= 11 is 0. The molecule has 40 heavy (non-hydrogen) atoms. The second-order valence-corrected chi connectivity index (χ2v) is 12.9. The van der Waals surface area contributed by atoms with Crippen LogP contribution in [-0.4, -0.2) is 0 Å². The van der Waals surface area contributed by atoms with E-state index >= 15 is 0 Å². The minimum atomic E-state index is -0.135. The lowest BCUT2D eigenvalue weighted by Gasteiger charge is -2.25. The monoisotopic (exact) mass is 510 g/mol. The second-order valence-electron chi connectivity index (χ2n) is 12.9. The van der Waals surface area contributed by atoms with Crippen LogP contribution in [0.4, 0.5) is 0 Å². The van der Waals surface area contributed by atoms with Crippen molar-refractivity contribution in [1.29, 1.82) is 0 Å². The molecule has 0 aromatic heterocycles. The van der Waals surface area contributed by atoms with Gasteiger partial charge in [-0.1, -0.05) is 125 Å². The first kappa shape index (κ1) is 22.4. The average Bonchev–Trinajstić information content (AvgIpc) is 3.35. The molecule has 0 saturated heterocycles. The summed E-state index contributed by atoms with van der Waals surface area (Å²) in [4.78, 5) is 0. The molecule has 190 valence electrons. The Bertz CT molecular complexity index is 2260. The Balaban J connectivity index is 1.47. The maximum Gasteiger partial charge on any atom is 0.0165 e. The first-order valence-electron chi connectivity index (χ1n) is 14.5. The largest absolute Gasteiger partial charge is 0.0616 e. The highest BCUT2D eigenvalue weighted by molar-refractivity contribution is 6.25. The van der Waals surface area contributed by atoms with Crippen molar-refractivity contribution >= 4 is 43.1 Å². The molecule has 2 aliphatic carbocycles. The lowest BCUT2D eigenvalue weighted by Crippen LogP contribution is -2.17. The third-order valence-corrected chi connectivity index (χ3v) is 10.2. The zero-order valence-electron chi connectivity index (χ0n) is 23.4. The molecule has 0 N–H and O–H groups in total. The molecule has 0 unspecified atom stereocenters. The maximum atomic E-state index is 2.57. The molecule has 0 spiro atoms. The number of benzene rings is 7. The van der Waals surface area contributed by atoms with Gasteiger partial charge in [-0.2, -0.15) is 0 Å². The van der Waals surface area contributed by atoms with Gasteiger partial charge in [0.25, 0.3) is 0 Å². The van der Waals surface area contributed by atoms with Crippen molar-refractivity contribution in [3.63, 3.8) is 0 Å². The van der Waals surface area contributed by atoms with Gasteiger partial charge in [0.1, 0.15) is 0 Å². The summed E-state index contributed by atoms with van der Waals surface area (Å²) in [5.41, 5.74) is 11.3. The van der Waals surface area contributed by atoms with Crippen molar-refractivity contribution in [2.45, 2.75) is 38.5 Å². The van der Waals surface area contributed by atoms with E-state index in [0.29, 0.717) is 0 Å². The zero-order chi connectivity index (χ0) is 27.0. The minimum Gasteiger partial charge on any atom is -0.0616 e. The van der Waals surface area contributed by atoms with Gasteiger partial charge < -0.3 is 0 Å². The van der Waals surface area contributed by atoms with Gasteiger partial charge in [-0.05, 0) is 99.7 Å². The van der Waals surface area contributed by atoms with Crippen LogP contribution in [0, 0.1) is 0 Å². The van der Waals surface area contributed by atoms with E-state index in [9.17, 15) is 0 Å². The van der Waals surface area contributed by atoms with Gasteiger partial charge in [0.15, 0.2) is 0 Å². The van der Waals surface area contributed by atoms with E-state index in [0.717, 1.165) is 0 Å². The topological polar surface area (TPSA) is 0 Å². The Labute approximate surface area is 234 Å². The highest BCUT2D eigenvalue weighted by Crippen LogP contribution is 2.60. The Morgan fingerprint density at radius 1 is 0.400 bits per heavy atom. The average molecular weight is 511 g/mol. The SMILES string of the molecule is CC1(C)c2cc3c(cc2-c2c1ccc1ccccc21)C(C)(C)c1c-3c2ccccc2c2ccc3ccccc3c12. The third-order valence-electron chi connectivity index (χ3n) is 10.2. The highest BCUT2D eigenvalue weighted by atomic mass is 14.5. The second kappa shape index (κ2) is 7.20. The molecule has 0 saturated carbocycles. The summed E-state index contributed by atoms with van der Waals surface area (Å²) in [6.45, 7) is 9.71. The van der Waals surface area contributed by atoms with Crippen molar-refractivity contribution in [2.75, 3.05) is 0 Å². The molecule has 7 aromatic rings. The lowest BCUT2D eigenvalue weighted by molar-refractivity contribution is 0.654. The van der Waals surface area contributed by atoms with Crippen molar-refractivity contribution in [2.24, 2.45) is 0 Å². The number of hydrogen-bond donors (Lipinski definition) is 0. The fraction of sp³-hybridized carbons (Fsp3) is 0.150. The smallest absolute Gasteiger partial charge is 0.0165 e. The molecule has 0 nitrogen and oxygen atoms in total. The van der Waals surface area contributed by atoms with Crippen LogP contribution in [0.5, 0.6) is 0 Å². The van der Waals surface area contributed by atoms with Crippen LogP contribution in [0.2, 0.25) is 0 Å². The van der Waals surface area contributed by atoms with Gasteiger partial charge in [0.2, 0.25) is 0 Å². The van der Waals surface area contributed by atoms with E-state index < -0.39 is 0 Å². The fourth-order valence-corrected chi connectivity index (χ4v) is 8.28. The summed E-state index contributed by atoms with van der Waals surface area (Å²) < 4.78 is 0. The quantitative estimate of drug-likeness (QED) is 0.178. The standard InChI is InChI=1S/C40H30/c1-39(2)32-20-18-24-12-5-7-13-25(24)35(32)30-21-34-31(22-33(30)39)37-28-16-10-9-15-27(28)29-19-17-23-11-6-8-14-26(23)36(29)38(37)40(34,3)4/h5-22H,1-4H3. The van der Waals surface area contributed by atoms with Crippen LogP contribution < -0.4 is 0 Å². The molecule has 2 aliphatic rings. The van der Waals surface area contributed by atoms with Crippen LogP contribution >= 0.6 is 0 Å². The molecule has 9 rings (SSSR count). The van der Waals surface area contributed by atoms with Crippen LogP contribution in [0.15, 0.2) is 109 Å². The van der Waals surface area contributed by atoms with Gasteiger partial charge in [0, 0.05) is 10.8 Å². The molecular weight excluding hydrogens is 480 g/mol. The summed E-state index contributed by atoms with van der Waals surface area (Å²) in [6, 6.07) is 41.3. The van der Waals surface area contributed by atoms with E-state index in [1.807, 2.05) is 0 Å². The Hall–Kier alpha value is -4.42. The maximum absolute atomic E-state index is 2.57. The van der Waals surface area contributed by atoms with E-state index in [1.165, 1.54) is 87.6 Å². The Morgan fingerprint density at radius 2 is 0.950 bits per heavy atom. The summed E-state index contributed by atoms with van der Waals surface area (Å²) in [6.07, 6.45) is 0. The summed E-state index contributed by atoms with van der Waals surface area (Å²) in [7, 11) is 0. The Kier molecular flexibility index (Phi) is 4.03. The summed E-state index contributed by atoms with van der Waals surface area (Å²) in [5.74, 6) is 0. The molecule has 0 atom stereocenters. The van der Waals surface area contributed by atoms with Gasteiger partial charge in [-0.25, -0.2) is 0 Å².